The van der Waals surface area contributed by atoms with Crippen LogP contribution in [0.15, 0.2) is 36.6 Å². The van der Waals surface area contributed by atoms with Crippen LogP contribution in [0.4, 0.5) is 16.2 Å². The van der Waals surface area contributed by atoms with E-state index in [0.717, 1.165) is 56.7 Å². The quantitative estimate of drug-likeness (QED) is 0.870. The number of carbonyl (C=O) groups excluding carboxylic acids is 1. The lowest BCUT2D eigenvalue weighted by Crippen LogP contribution is -2.35. The number of hydrogen-bond donors (Lipinski definition) is 2. The Kier molecular flexibility index (Phi) is 5.99. The van der Waals surface area contributed by atoms with Gasteiger partial charge in [-0.3, -0.25) is 0 Å². The second-order valence-electron chi connectivity index (χ2n) is 6.50. The van der Waals surface area contributed by atoms with Crippen LogP contribution < -0.4 is 10.6 Å². The van der Waals surface area contributed by atoms with Crippen LogP contribution in [0.1, 0.15) is 38.5 Å². The molecule has 1 atom stereocenters. The first-order valence-corrected chi connectivity index (χ1v) is 9.01. The molecule has 2 aliphatic rings. The monoisotopic (exact) mass is 329 g/mol. The van der Waals surface area contributed by atoms with E-state index in [-0.39, 0.29) is 12.1 Å². The fourth-order valence-electron chi connectivity index (χ4n) is 3.11. The van der Waals surface area contributed by atoms with Gasteiger partial charge in [0.1, 0.15) is 6.10 Å². The van der Waals surface area contributed by atoms with Crippen molar-refractivity contribution >= 4 is 17.4 Å². The third kappa shape index (κ3) is 4.91. The maximum absolute atomic E-state index is 12.3. The van der Waals surface area contributed by atoms with E-state index in [4.69, 9.17) is 4.74 Å². The van der Waals surface area contributed by atoms with E-state index in [9.17, 15) is 4.79 Å². The minimum atomic E-state index is 0.0139. The number of hydrogen-bond acceptors (Lipinski definition) is 3. The first-order chi connectivity index (χ1) is 11.8. The summed E-state index contributed by atoms with van der Waals surface area (Å²) in [6.07, 6.45) is 10.9. The SMILES string of the molecule is O=C(Nc1ccc(NC[C@@H]2CCC=CO2)cc1)N1CCCCCC1. The third-order valence-corrected chi connectivity index (χ3v) is 4.59. The highest BCUT2D eigenvalue weighted by molar-refractivity contribution is 5.89. The highest BCUT2D eigenvalue weighted by Gasteiger charge is 2.15. The molecule has 0 spiro atoms. The molecule has 0 saturated carbocycles. The summed E-state index contributed by atoms with van der Waals surface area (Å²) >= 11 is 0. The van der Waals surface area contributed by atoms with Crippen molar-refractivity contribution in [2.24, 2.45) is 0 Å². The molecule has 1 aromatic rings. The molecule has 24 heavy (non-hydrogen) atoms. The molecule has 2 N–H and O–H groups in total. The molecule has 0 bridgehead atoms. The lowest BCUT2D eigenvalue weighted by molar-refractivity contribution is 0.135. The Bertz CT molecular complexity index is 548. The maximum atomic E-state index is 12.3. The zero-order valence-electron chi connectivity index (χ0n) is 14.2. The lowest BCUT2D eigenvalue weighted by Gasteiger charge is -2.21. The van der Waals surface area contributed by atoms with Crippen LogP contribution in [0.25, 0.3) is 0 Å². The van der Waals surface area contributed by atoms with Gasteiger partial charge in [0.15, 0.2) is 0 Å². The van der Waals surface area contributed by atoms with Crippen LogP contribution in [0.2, 0.25) is 0 Å². The van der Waals surface area contributed by atoms with Crippen molar-refractivity contribution in [3.63, 3.8) is 0 Å². The molecule has 2 heterocycles. The largest absolute Gasteiger partial charge is 0.497 e. The summed E-state index contributed by atoms with van der Waals surface area (Å²) in [5, 5.41) is 6.38. The van der Waals surface area contributed by atoms with Gasteiger partial charge in [-0.05, 0) is 56.0 Å². The van der Waals surface area contributed by atoms with E-state index in [2.05, 4.69) is 16.7 Å². The zero-order valence-corrected chi connectivity index (χ0v) is 14.2. The molecule has 2 amide bonds. The van der Waals surface area contributed by atoms with Gasteiger partial charge < -0.3 is 20.3 Å². The van der Waals surface area contributed by atoms with Crippen LogP contribution in [0, 0.1) is 0 Å². The number of urea groups is 1. The normalized spacial score (nSPS) is 20.8. The van der Waals surface area contributed by atoms with Crippen LogP contribution in [0.3, 0.4) is 0 Å². The fraction of sp³-hybridized carbons (Fsp3) is 0.526. The molecular formula is C19H27N3O2. The topological polar surface area (TPSA) is 53.6 Å². The number of nitrogens with zero attached hydrogens (tertiary/aromatic N) is 1. The summed E-state index contributed by atoms with van der Waals surface area (Å²) in [6, 6.07) is 7.90. The highest BCUT2D eigenvalue weighted by atomic mass is 16.5. The molecule has 2 aliphatic heterocycles. The van der Waals surface area contributed by atoms with E-state index in [1.54, 1.807) is 6.26 Å². The molecule has 0 unspecified atom stereocenters. The molecule has 1 aromatic carbocycles. The van der Waals surface area contributed by atoms with Crippen LogP contribution >= 0.6 is 0 Å². The molecule has 1 fully saturated rings. The summed E-state index contributed by atoms with van der Waals surface area (Å²) < 4.78 is 5.55. The molecule has 5 heteroatoms. The van der Waals surface area contributed by atoms with Crippen molar-refractivity contribution < 1.29 is 9.53 Å². The average Bonchev–Trinajstić information content (AvgIpc) is 2.91. The molecule has 130 valence electrons. The minimum absolute atomic E-state index is 0.0139. The number of ether oxygens (including phenoxy) is 1. The first-order valence-electron chi connectivity index (χ1n) is 9.01. The van der Waals surface area contributed by atoms with E-state index in [1.165, 1.54) is 12.8 Å². The van der Waals surface area contributed by atoms with E-state index >= 15 is 0 Å². The Balaban J connectivity index is 1.46. The zero-order chi connectivity index (χ0) is 16.6. The second kappa shape index (κ2) is 8.62. The van der Waals surface area contributed by atoms with Gasteiger partial charge in [0.05, 0.1) is 12.8 Å². The van der Waals surface area contributed by atoms with Gasteiger partial charge in [-0.2, -0.15) is 0 Å². The van der Waals surface area contributed by atoms with E-state index in [0.29, 0.717) is 0 Å². The molecule has 5 nitrogen and oxygen atoms in total. The van der Waals surface area contributed by atoms with Crippen molar-refractivity contribution in [3.8, 4) is 0 Å². The molecule has 0 aromatic heterocycles. The predicted octanol–water partition coefficient (Wildman–Crippen LogP) is 4.20. The van der Waals surface area contributed by atoms with Crippen LogP contribution in [-0.2, 0) is 4.74 Å². The number of allylic oxidation sites excluding steroid dienone is 1. The first kappa shape index (κ1) is 16.7. The summed E-state index contributed by atoms with van der Waals surface area (Å²) in [6.45, 7) is 2.52. The van der Waals surface area contributed by atoms with Crippen molar-refractivity contribution in [2.75, 3.05) is 30.3 Å². The van der Waals surface area contributed by atoms with Crippen molar-refractivity contribution in [2.45, 2.75) is 44.6 Å². The van der Waals surface area contributed by atoms with Gasteiger partial charge in [0.2, 0.25) is 0 Å². The number of carbonyl (C=O) groups is 1. The summed E-state index contributed by atoms with van der Waals surface area (Å²) in [7, 11) is 0. The number of anilines is 2. The van der Waals surface area contributed by atoms with Gasteiger partial charge in [-0.15, -0.1) is 0 Å². The Labute approximate surface area is 144 Å². The second-order valence-corrected chi connectivity index (χ2v) is 6.50. The average molecular weight is 329 g/mol. The molecule has 0 radical (unpaired) electrons. The number of benzene rings is 1. The van der Waals surface area contributed by atoms with Gasteiger partial charge in [-0.25, -0.2) is 4.79 Å². The summed E-state index contributed by atoms with van der Waals surface area (Å²) in [5.41, 5.74) is 1.88. The predicted molar refractivity (Wildman–Crippen MR) is 97.2 cm³/mol. The van der Waals surface area contributed by atoms with Crippen LogP contribution in [0.5, 0.6) is 0 Å². The van der Waals surface area contributed by atoms with Crippen molar-refractivity contribution in [1.82, 2.24) is 4.90 Å². The number of rotatable bonds is 4. The highest BCUT2D eigenvalue weighted by Crippen LogP contribution is 2.17. The third-order valence-electron chi connectivity index (χ3n) is 4.59. The van der Waals surface area contributed by atoms with Gasteiger partial charge in [0.25, 0.3) is 0 Å². The molecule has 1 saturated heterocycles. The van der Waals surface area contributed by atoms with Gasteiger partial charge in [-0.1, -0.05) is 12.8 Å². The number of amides is 2. The summed E-state index contributed by atoms with van der Waals surface area (Å²) in [5.74, 6) is 0. The molecule has 3 rings (SSSR count). The Morgan fingerprint density at radius 3 is 2.46 bits per heavy atom. The van der Waals surface area contributed by atoms with Gasteiger partial charge in [0, 0.05) is 24.5 Å². The van der Waals surface area contributed by atoms with Crippen molar-refractivity contribution in [3.05, 3.63) is 36.6 Å². The Morgan fingerprint density at radius 2 is 1.79 bits per heavy atom. The Hall–Kier alpha value is -2.17. The van der Waals surface area contributed by atoms with E-state index < -0.39 is 0 Å². The molecular weight excluding hydrogens is 302 g/mol. The Morgan fingerprint density at radius 1 is 1.08 bits per heavy atom. The number of likely N-dealkylation sites (tertiary alicyclic amines) is 1. The molecule has 0 aliphatic carbocycles. The minimum Gasteiger partial charge on any atom is -0.497 e. The smallest absolute Gasteiger partial charge is 0.321 e. The maximum Gasteiger partial charge on any atom is 0.321 e. The lowest BCUT2D eigenvalue weighted by atomic mass is 10.1. The fourth-order valence-corrected chi connectivity index (χ4v) is 3.11. The van der Waals surface area contributed by atoms with Gasteiger partial charge >= 0.3 is 6.03 Å². The standard InChI is InChI=1S/C19H27N3O2/c23-19(22-12-4-1-2-5-13-22)21-17-10-8-16(9-11-17)20-15-18-7-3-6-14-24-18/h6,8-11,14,18,20H,1-5,7,12-13,15H2,(H,21,23)/t18-/m0/s1. The van der Waals surface area contributed by atoms with E-state index in [1.807, 2.05) is 29.2 Å². The summed E-state index contributed by atoms with van der Waals surface area (Å²) in [4.78, 5) is 14.2. The van der Waals surface area contributed by atoms with Crippen LogP contribution in [-0.4, -0.2) is 36.7 Å². The number of nitrogens with one attached hydrogen (secondary N) is 2. The van der Waals surface area contributed by atoms with Crippen molar-refractivity contribution in [1.29, 1.82) is 0 Å².